The Morgan fingerprint density at radius 2 is 1.77 bits per heavy atom. The van der Waals surface area contributed by atoms with Crippen molar-refractivity contribution in [2.45, 2.75) is 51.2 Å². The average Bonchev–Trinajstić information content (AvgIpc) is 3.61. The standard InChI is InChI=1S/C27H32ClN5O2/c1-31(17-20-9-11-21(12-10-20)32-15-5-2-6-16-32)19-26(34)33(22-13-14-22)18-25-29-30-27(35-25)23-7-3-4-8-24(23)28/h3-4,7-12,22H,2,5-6,13-19H2,1H3. The lowest BCUT2D eigenvalue weighted by Crippen LogP contribution is -2.39. The predicted molar refractivity (Wildman–Crippen MR) is 137 cm³/mol. The van der Waals surface area contributed by atoms with Crippen molar-refractivity contribution >= 4 is 23.2 Å². The monoisotopic (exact) mass is 493 g/mol. The Morgan fingerprint density at radius 1 is 1.03 bits per heavy atom. The van der Waals surface area contributed by atoms with Crippen molar-refractivity contribution in [1.29, 1.82) is 0 Å². The Labute approximate surface area is 211 Å². The Morgan fingerprint density at radius 3 is 2.49 bits per heavy atom. The molecule has 1 aliphatic carbocycles. The summed E-state index contributed by atoms with van der Waals surface area (Å²) in [6.45, 7) is 3.67. The number of anilines is 1. The molecule has 1 amide bonds. The molecular weight excluding hydrogens is 462 g/mol. The van der Waals surface area contributed by atoms with E-state index >= 15 is 0 Å². The fraction of sp³-hybridized carbons (Fsp3) is 0.444. The third-order valence-corrected chi connectivity index (χ3v) is 7.03. The minimum atomic E-state index is 0.0810. The van der Waals surface area contributed by atoms with Crippen LogP contribution in [0.2, 0.25) is 5.02 Å². The Kier molecular flexibility index (Phi) is 7.35. The van der Waals surface area contributed by atoms with Crippen LogP contribution in [0.3, 0.4) is 0 Å². The van der Waals surface area contributed by atoms with Gasteiger partial charge < -0.3 is 14.2 Å². The third-order valence-electron chi connectivity index (χ3n) is 6.70. The van der Waals surface area contributed by atoms with E-state index in [1.807, 2.05) is 30.1 Å². The van der Waals surface area contributed by atoms with E-state index in [9.17, 15) is 4.79 Å². The van der Waals surface area contributed by atoms with Crippen molar-refractivity contribution in [3.63, 3.8) is 0 Å². The van der Waals surface area contributed by atoms with Gasteiger partial charge in [0.2, 0.25) is 17.7 Å². The van der Waals surface area contributed by atoms with Crippen LogP contribution in [0.25, 0.3) is 11.5 Å². The van der Waals surface area contributed by atoms with E-state index in [2.05, 4.69) is 44.3 Å². The molecule has 0 bridgehead atoms. The van der Waals surface area contributed by atoms with Gasteiger partial charge in [0, 0.05) is 31.4 Å². The number of nitrogens with zero attached hydrogens (tertiary/aromatic N) is 5. The fourth-order valence-corrected chi connectivity index (χ4v) is 4.88. The highest BCUT2D eigenvalue weighted by Gasteiger charge is 2.34. The molecule has 0 spiro atoms. The van der Waals surface area contributed by atoms with E-state index in [0.29, 0.717) is 35.5 Å². The van der Waals surface area contributed by atoms with Crippen molar-refractivity contribution < 1.29 is 9.21 Å². The van der Waals surface area contributed by atoms with Crippen LogP contribution in [0.15, 0.2) is 52.9 Å². The number of hydrogen-bond acceptors (Lipinski definition) is 6. The summed E-state index contributed by atoms with van der Waals surface area (Å²) in [5.41, 5.74) is 3.20. The van der Waals surface area contributed by atoms with Crippen LogP contribution in [-0.2, 0) is 17.9 Å². The highest BCUT2D eigenvalue weighted by Crippen LogP contribution is 2.30. The maximum Gasteiger partial charge on any atom is 0.249 e. The molecule has 0 radical (unpaired) electrons. The van der Waals surface area contributed by atoms with Gasteiger partial charge in [-0.2, -0.15) is 0 Å². The van der Waals surface area contributed by atoms with Crippen molar-refractivity contribution in [3.05, 3.63) is 65.0 Å². The van der Waals surface area contributed by atoms with Gasteiger partial charge in [0.1, 0.15) is 0 Å². The van der Waals surface area contributed by atoms with Gasteiger partial charge >= 0.3 is 0 Å². The van der Waals surface area contributed by atoms with E-state index in [1.165, 1.54) is 30.5 Å². The Balaban J connectivity index is 1.17. The molecule has 2 fully saturated rings. The molecule has 1 aliphatic heterocycles. The first-order valence-electron chi connectivity index (χ1n) is 12.5. The van der Waals surface area contributed by atoms with Gasteiger partial charge in [-0.1, -0.05) is 35.9 Å². The number of piperidine rings is 1. The van der Waals surface area contributed by atoms with Crippen molar-refractivity contribution in [1.82, 2.24) is 20.0 Å². The van der Waals surface area contributed by atoms with Crippen LogP contribution in [0.5, 0.6) is 0 Å². The molecule has 0 unspecified atom stereocenters. The van der Waals surface area contributed by atoms with Gasteiger partial charge in [-0.15, -0.1) is 10.2 Å². The third kappa shape index (κ3) is 6.03. The molecule has 1 saturated heterocycles. The average molecular weight is 494 g/mol. The van der Waals surface area contributed by atoms with Gasteiger partial charge in [0.05, 0.1) is 23.7 Å². The lowest BCUT2D eigenvalue weighted by Gasteiger charge is -2.29. The second-order valence-electron chi connectivity index (χ2n) is 9.62. The first kappa shape index (κ1) is 23.8. The minimum absolute atomic E-state index is 0.0810. The number of rotatable bonds is 9. The summed E-state index contributed by atoms with van der Waals surface area (Å²) in [7, 11) is 1.99. The number of benzene rings is 2. The Hall–Kier alpha value is -2.90. The molecule has 0 atom stereocenters. The first-order valence-corrected chi connectivity index (χ1v) is 12.8. The molecule has 35 heavy (non-hydrogen) atoms. The highest BCUT2D eigenvalue weighted by atomic mass is 35.5. The van der Waals surface area contributed by atoms with E-state index < -0.39 is 0 Å². The lowest BCUT2D eigenvalue weighted by atomic mass is 10.1. The summed E-state index contributed by atoms with van der Waals surface area (Å²) in [6.07, 6.45) is 5.90. The number of carbonyl (C=O) groups excluding carboxylic acids is 1. The van der Waals surface area contributed by atoms with Gasteiger partial charge in [-0.05, 0) is 69.0 Å². The minimum Gasteiger partial charge on any atom is -0.419 e. The molecule has 2 aromatic carbocycles. The van der Waals surface area contributed by atoms with Crippen LogP contribution in [0.4, 0.5) is 5.69 Å². The van der Waals surface area contributed by atoms with Crippen LogP contribution in [0, 0.1) is 0 Å². The molecule has 3 aromatic rings. The van der Waals surface area contributed by atoms with E-state index in [1.54, 1.807) is 6.07 Å². The zero-order chi connectivity index (χ0) is 24.2. The van der Waals surface area contributed by atoms with E-state index in [-0.39, 0.29) is 11.9 Å². The summed E-state index contributed by atoms with van der Waals surface area (Å²) >= 11 is 6.26. The van der Waals surface area contributed by atoms with Gasteiger partial charge in [-0.25, -0.2) is 0 Å². The molecular formula is C27H32ClN5O2. The molecule has 1 saturated carbocycles. The normalized spacial score (nSPS) is 16.0. The number of carbonyl (C=O) groups is 1. The summed E-state index contributed by atoms with van der Waals surface area (Å²) in [5, 5.41) is 8.88. The predicted octanol–water partition coefficient (Wildman–Crippen LogP) is 5.00. The molecule has 0 N–H and O–H groups in total. The number of amides is 1. The molecule has 2 aliphatic rings. The second-order valence-corrected chi connectivity index (χ2v) is 10.0. The van der Waals surface area contributed by atoms with Crippen molar-refractivity contribution in [3.8, 4) is 11.5 Å². The summed E-state index contributed by atoms with van der Waals surface area (Å²) in [6, 6.07) is 16.4. The summed E-state index contributed by atoms with van der Waals surface area (Å²) in [5.74, 6) is 0.882. The van der Waals surface area contributed by atoms with Crippen LogP contribution in [0.1, 0.15) is 43.6 Å². The van der Waals surface area contributed by atoms with E-state index in [4.69, 9.17) is 16.0 Å². The molecule has 2 heterocycles. The lowest BCUT2D eigenvalue weighted by molar-refractivity contribution is -0.133. The number of aromatic nitrogens is 2. The number of likely N-dealkylation sites (N-methyl/N-ethyl adjacent to an activating group) is 1. The van der Waals surface area contributed by atoms with E-state index in [0.717, 1.165) is 32.5 Å². The topological polar surface area (TPSA) is 65.7 Å². The maximum absolute atomic E-state index is 13.2. The number of halogens is 1. The Bertz CT molecular complexity index is 1140. The first-order chi connectivity index (χ1) is 17.1. The summed E-state index contributed by atoms with van der Waals surface area (Å²) in [4.78, 5) is 19.6. The van der Waals surface area contributed by atoms with Crippen LogP contribution in [-0.4, -0.2) is 58.6 Å². The van der Waals surface area contributed by atoms with Crippen LogP contribution >= 0.6 is 11.6 Å². The quantitative estimate of drug-likeness (QED) is 0.418. The fourth-order valence-electron chi connectivity index (χ4n) is 4.67. The highest BCUT2D eigenvalue weighted by molar-refractivity contribution is 6.33. The maximum atomic E-state index is 13.2. The molecule has 184 valence electrons. The van der Waals surface area contributed by atoms with Gasteiger partial charge in [0.15, 0.2) is 0 Å². The molecule has 5 rings (SSSR count). The molecule has 1 aromatic heterocycles. The van der Waals surface area contributed by atoms with Gasteiger partial charge in [-0.3, -0.25) is 9.69 Å². The van der Waals surface area contributed by atoms with Crippen LogP contribution < -0.4 is 4.90 Å². The SMILES string of the molecule is CN(CC(=O)N(Cc1nnc(-c2ccccc2Cl)o1)C1CC1)Cc1ccc(N2CCCCC2)cc1. The smallest absolute Gasteiger partial charge is 0.249 e. The zero-order valence-electron chi connectivity index (χ0n) is 20.2. The number of hydrogen-bond donors (Lipinski definition) is 0. The molecule has 8 heteroatoms. The van der Waals surface area contributed by atoms with Gasteiger partial charge in [0.25, 0.3) is 0 Å². The van der Waals surface area contributed by atoms with Crippen molar-refractivity contribution in [2.75, 3.05) is 31.6 Å². The second kappa shape index (κ2) is 10.8. The van der Waals surface area contributed by atoms with Crippen molar-refractivity contribution in [2.24, 2.45) is 0 Å². The largest absolute Gasteiger partial charge is 0.419 e. The zero-order valence-corrected chi connectivity index (χ0v) is 21.0. The summed E-state index contributed by atoms with van der Waals surface area (Å²) < 4.78 is 5.85. The molecule has 7 nitrogen and oxygen atoms in total.